The molecule has 1 heterocycles. The van der Waals surface area contributed by atoms with Crippen LogP contribution in [0.4, 0.5) is 0 Å². The second-order valence-electron chi connectivity index (χ2n) is 2.44. The van der Waals surface area contributed by atoms with Crippen LogP contribution in [0.1, 0.15) is 23.8 Å². The van der Waals surface area contributed by atoms with E-state index in [4.69, 9.17) is 4.74 Å². The van der Waals surface area contributed by atoms with E-state index < -0.39 is 6.29 Å². The lowest BCUT2D eigenvalue weighted by Gasteiger charge is -2.07. The molecule has 4 heteroatoms. The van der Waals surface area contributed by atoms with Crippen molar-refractivity contribution < 1.29 is 9.84 Å². The van der Waals surface area contributed by atoms with Crippen LogP contribution in [0.2, 0.25) is 0 Å². The molecule has 0 aliphatic heterocycles. The molecule has 0 aliphatic rings. The summed E-state index contributed by atoms with van der Waals surface area (Å²) in [5.74, 6) is 0. The molecule has 66 valence electrons. The smallest absolute Gasteiger partial charge is 0.199 e. The molecule has 1 aromatic rings. The summed E-state index contributed by atoms with van der Waals surface area (Å²) in [7, 11) is 1.44. The maximum atomic E-state index is 9.33. The lowest BCUT2D eigenvalue weighted by atomic mass is 10.2. The fraction of sp³-hybridized carbons (Fsp3) is 0.375. The van der Waals surface area contributed by atoms with E-state index in [1.807, 2.05) is 6.92 Å². The number of nitrogens with zero attached hydrogens (tertiary/aromatic N) is 1. The highest BCUT2D eigenvalue weighted by molar-refractivity contribution is 7.10. The maximum absolute atomic E-state index is 9.33. The Kier molecular flexibility index (Phi) is 2.97. The number of aromatic nitrogens is 1. The van der Waals surface area contributed by atoms with Crippen LogP contribution >= 0.6 is 11.3 Å². The molecule has 1 N–H and O–H groups in total. The Hall–Kier alpha value is -0.710. The number of hydrogen-bond acceptors (Lipinski definition) is 4. The van der Waals surface area contributed by atoms with Crippen molar-refractivity contribution >= 4 is 16.9 Å². The highest BCUT2D eigenvalue weighted by Gasteiger charge is 2.14. The van der Waals surface area contributed by atoms with Crippen molar-refractivity contribution in [3.8, 4) is 0 Å². The predicted octanol–water partition coefficient (Wildman–Crippen LogP) is 1.81. The molecule has 0 aliphatic carbocycles. The van der Waals surface area contributed by atoms with E-state index in [2.05, 4.69) is 11.6 Å². The molecule has 0 radical (unpaired) electrons. The SMILES string of the molecule is C=C(C)c1scnc1C(O)OC. The Morgan fingerprint density at radius 2 is 2.50 bits per heavy atom. The van der Waals surface area contributed by atoms with E-state index in [0.29, 0.717) is 5.69 Å². The van der Waals surface area contributed by atoms with Gasteiger partial charge >= 0.3 is 0 Å². The number of thiazole rings is 1. The molecule has 0 bridgehead atoms. The summed E-state index contributed by atoms with van der Waals surface area (Å²) in [6, 6.07) is 0. The number of aliphatic hydroxyl groups is 1. The standard InChI is InChI=1S/C8H11NO2S/c1-5(2)7-6(8(10)11-3)9-4-12-7/h4,8,10H,1H2,2-3H3. The Labute approximate surface area is 75.3 Å². The average Bonchev–Trinajstić information content (AvgIpc) is 2.50. The second kappa shape index (κ2) is 3.80. The third-order valence-corrected chi connectivity index (χ3v) is 2.44. The fourth-order valence-electron chi connectivity index (χ4n) is 0.862. The Balaban J connectivity index is 2.98. The van der Waals surface area contributed by atoms with Crippen molar-refractivity contribution in [3.63, 3.8) is 0 Å². The van der Waals surface area contributed by atoms with Gasteiger partial charge in [-0.25, -0.2) is 4.98 Å². The molecule has 1 rings (SSSR count). The molecule has 0 amide bonds. The van der Waals surface area contributed by atoms with Gasteiger partial charge in [0, 0.05) is 7.11 Å². The van der Waals surface area contributed by atoms with Crippen LogP contribution in [0.25, 0.3) is 5.57 Å². The molecule has 0 saturated heterocycles. The summed E-state index contributed by atoms with van der Waals surface area (Å²) in [6.45, 7) is 5.65. The van der Waals surface area contributed by atoms with Crippen LogP contribution in [0.3, 0.4) is 0 Å². The third-order valence-electron chi connectivity index (χ3n) is 1.44. The highest BCUT2D eigenvalue weighted by Crippen LogP contribution is 2.26. The summed E-state index contributed by atoms with van der Waals surface area (Å²) in [6.07, 6.45) is -0.942. The average molecular weight is 185 g/mol. The van der Waals surface area contributed by atoms with Crippen LogP contribution in [-0.2, 0) is 4.74 Å². The summed E-state index contributed by atoms with van der Waals surface area (Å²) >= 11 is 1.45. The monoisotopic (exact) mass is 185 g/mol. The first-order valence-corrected chi connectivity index (χ1v) is 4.35. The van der Waals surface area contributed by atoms with E-state index >= 15 is 0 Å². The van der Waals surface area contributed by atoms with Gasteiger partial charge in [0.05, 0.1) is 10.4 Å². The lowest BCUT2D eigenvalue weighted by Crippen LogP contribution is -2.01. The lowest BCUT2D eigenvalue weighted by molar-refractivity contribution is -0.0796. The molecule has 12 heavy (non-hydrogen) atoms. The largest absolute Gasteiger partial charge is 0.363 e. The van der Waals surface area contributed by atoms with Crippen LogP contribution < -0.4 is 0 Å². The topological polar surface area (TPSA) is 42.4 Å². The van der Waals surface area contributed by atoms with Crippen molar-refractivity contribution in [1.29, 1.82) is 0 Å². The summed E-state index contributed by atoms with van der Waals surface area (Å²) in [5, 5.41) is 9.33. The van der Waals surface area contributed by atoms with Gasteiger partial charge in [0.15, 0.2) is 6.29 Å². The van der Waals surface area contributed by atoms with Crippen LogP contribution in [0.15, 0.2) is 12.1 Å². The molecule has 0 saturated carbocycles. The van der Waals surface area contributed by atoms with Crippen molar-refractivity contribution in [2.24, 2.45) is 0 Å². The Bertz CT molecular complexity index is 282. The van der Waals surface area contributed by atoms with Crippen LogP contribution in [0, 0.1) is 0 Å². The van der Waals surface area contributed by atoms with Gasteiger partial charge in [-0.15, -0.1) is 11.3 Å². The predicted molar refractivity (Wildman–Crippen MR) is 48.8 cm³/mol. The van der Waals surface area contributed by atoms with Gasteiger partial charge < -0.3 is 9.84 Å². The number of aliphatic hydroxyl groups excluding tert-OH is 1. The Morgan fingerprint density at radius 1 is 1.83 bits per heavy atom. The minimum absolute atomic E-state index is 0.551. The summed E-state index contributed by atoms with van der Waals surface area (Å²) < 4.78 is 4.74. The number of rotatable bonds is 3. The Morgan fingerprint density at radius 3 is 3.00 bits per heavy atom. The normalized spacial score (nSPS) is 12.9. The van der Waals surface area contributed by atoms with Crippen LogP contribution in [-0.4, -0.2) is 17.2 Å². The molecule has 3 nitrogen and oxygen atoms in total. The molecule has 0 aromatic carbocycles. The fourth-order valence-corrected chi connectivity index (χ4v) is 1.61. The van der Waals surface area contributed by atoms with Gasteiger partial charge in [-0.3, -0.25) is 0 Å². The van der Waals surface area contributed by atoms with Crippen LogP contribution in [0.5, 0.6) is 0 Å². The van der Waals surface area contributed by atoms with Crippen molar-refractivity contribution in [2.45, 2.75) is 13.2 Å². The molecule has 0 spiro atoms. The van der Waals surface area contributed by atoms with Gasteiger partial charge in [-0.1, -0.05) is 6.58 Å². The molecule has 1 atom stereocenters. The molecule has 1 unspecified atom stereocenters. The zero-order valence-electron chi connectivity index (χ0n) is 7.07. The van der Waals surface area contributed by atoms with Crippen molar-refractivity contribution in [1.82, 2.24) is 4.98 Å². The third kappa shape index (κ3) is 1.72. The molecule has 0 fully saturated rings. The summed E-state index contributed by atoms with van der Waals surface area (Å²) in [4.78, 5) is 4.88. The van der Waals surface area contributed by atoms with Crippen molar-refractivity contribution in [3.05, 3.63) is 22.7 Å². The second-order valence-corrected chi connectivity index (χ2v) is 3.29. The molecular weight excluding hydrogens is 174 g/mol. The van der Waals surface area contributed by atoms with E-state index in [0.717, 1.165) is 10.5 Å². The van der Waals surface area contributed by atoms with E-state index in [-0.39, 0.29) is 0 Å². The molecule has 1 aromatic heterocycles. The minimum Gasteiger partial charge on any atom is -0.363 e. The van der Waals surface area contributed by atoms with Gasteiger partial charge in [0.1, 0.15) is 5.69 Å². The quantitative estimate of drug-likeness (QED) is 0.730. The first-order chi connectivity index (χ1) is 5.66. The zero-order valence-corrected chi connectivity index (χ0v) is 7.89. The first-order valence-electron chi connectivity index (χ1n) is 3.47. The van der Waals surface area contributed by atoms with E-state index in [1.54, 1.807) is 5.51 Å². The highest BCUT2D eigenvalue weighted by atomic mass is 32.1. The van der Waals surface area contributed by atoms with Gasteiger partial charge in [0.2, 0.25) is 0 Å². The molecular formula is C8H11NO2S. The van der Waals surface area contributed by atoms with E-state index in [9.17, 15) is 5.11 Å². The first kappa shape index (κ1) is 9.38. The van der Waals surface area contributed by atoms with Crippen molar-refractivity contribution in [2.75, 3.05) is 7.11 Å². The van der Waals surface area contributed by atoms with Gasteiger partial charge in [-0.2, -0.15) is 0 Å². The number of hydrogen-bond donors (Lipinski definition) is 1. The number of ether oxygens (including phenoxy) is 1. The minimum atomic E-state index is -0.942. The van der Waals surface area contributed by atoms with E-state index in [1.165, 1.54) is 18.4 Å². The number of methoxy groups -OCH3 is 1. The summed E-state index contributed by atoms with van der Waals surface area (Å²) in [5.41, 5.74) is 3.11. The maximum Gasteiger partial charge on any atom is 0.199 e. The van der Waals surface area contributed by atoms with Gasteiger partial charge in [-0.05, 0) is 12.5 Å². The number of allylic oxidation sites excluding steroid dienone is 1. The zero-order chi connectivity index (χ0) is 9.14. The van der Waals surface area contributed by atoms with Gasteiger partial charge in [0.25, 0.3) is 0 Å².